The van der Waals surface area contributed by atoms with E-state index in [1.54, 1.807) is 18.3 Å². The van der Waals surface area contributed by atoms with E-state index < -0.39 is 6.10 Å². The molecule has 3 nitrogen and oxygen atoms in total. The molecule has 0 aliphatic rings. The van der Waals surface area contributed by atoms with Gasteiger partial charge in [-0.05, 0) is 42.5 Å². The number of hydrogen-bond donors (Lipinski definition) is 1. The van der Waals surface area contributed by atoms with Crippen LogP contribution in [0, 0.1) is 0 Å². The van der Waals surface area contributed by atoms with Crippen molar-refractivity contribution >= 4 is 17.2 Å². The van der Waals surface area contributed by atoms with Gasteiger partial charge in [0.2, 0.25) is 0 Å². The van der Waals surface area contributed by atoms with E-state index in [0.717, 1.165) is 17.0 Å². The molecule has 0 aliphatic carbocycles. The molecule has 0 aliphatic heterocycles. The van der Waals surface area contributed by atoms with Gasteiger partial charge < -0.3 is 10.1 Å². The van der Waals surface area contributed by atoms with Crippen LogP contribution in [0.1, 0.15) is 24.3 Å². The fraction of sp³-hybridized carbons (Fsp3) is 0.312. The third kappa shape index (κ3) is 4.10. The topological polar surface area (TPSA) is 38.3 Å². The van der Waals surface area contributed by atoms with Gasteiger partial charge in [-0.2, -0.15) is 0 Å². The largest absolute Gasteiger partial charge is 0.481 e. The molecule has 1 heterocycles. The second-order valence-corrected chi connectivity index (χ2v) is 5.59. The van der Waals surface area contributed by atoms with E-state index in [0.29, 0.717) is 6.54 Å². The molecule has 1 aromatic carbocycles. The molecule has 0 saturated carbocycles. The summed E-state index contributed by atoms with van der Waals surface area (Å²) in [6.45, 7) is 4.42. The summed E-state index contributed by atoms with van der Waals surface area (Å²) in [5.41, 5.74) is 1.26. The van der Waals surface area contributed by atoms with E-state index in [1.165, 1.54) is 5.56 Å². The highest BCUT2D eigenvalue weighted by atomic mass is 32.1. The van der Waals surface area contributed by atoms with Gasteiger partial charge in [0.1, 0.15) is 5.75 Å². The van der Waals surface area contributed by atoms with Crippen LogP contribution in [0.2, 0.25) is 0 Å². The molecule has 0 radical (unpaired) electrons. The van der Waals surface area contributed by atoms with Gasteiger partial charge in [-0.1, -0.05) is 25.1 Å². The third-order valence-electron chi connectivity index (χ3n) is 3.03. The quantitative estimate of drug-likeness (QED) is 0.885. The zero-order valence-electron chi connectivity index (χ0n) is 11.8. The summed E-state index contributed by atoms with van der Waals surface area (Å²) in [7, 11) is 0. The first kappa shape index (κ1) is 14.6. The summed E-state index contributed by atoms with van der Waals surface area (Å²) in [5.74, 6) is 0.624. The van der Waals surface area contributed by atoms with Crippen molar-refractivity contribution in [3.8, 4) is 5.75 Å². The second-order valence-electron chi connectivity index (χ2n) is 4.55. The summed E-state index contributed by atoms with van der Waals surface area (Å²) in [5, 5.41) is 4.87. The Morgan fingerprint density at radius 1 is 1.30 bits per heavy atom. The van der Waals surface area contributed by atoms with Crippen LogP contribution in [0.25, 0.3) is 0 Å². The molecule has 1 aromatic heterocycles. The standard InChI is InChI=1S/C16H19NO2S/c1-3-13-6-8-14(9-7-13)19-12(2)16(18)17-11-15-5-4-10-20-15/h4-10,12H,3,11H2,1-2H3,(H,17,18). The molecule has 1 N–H and O–H groups in total. The molecule has 1 amide bonds. The van der Waals surface area contributed by atoms with Gasteiger partial charge in [0, 0.05) is 4.88 Å². The number of amides is 1. The van der Waals surface area contributed by atoms with Crippen molar-refractivity contribution in [3.05, 3.63) is 52.2 Å². The van der Waals surface area contributed by atoms with E-state index in [1.807, 2.05) is 41.8 Å². The van der Waals surface area contributed by atoms with Gasteiger partial charge in [0.25, 0.3) is 5.91 Å². The Bertz CT molecular complexity index is 534. The molecule has 4 heteroatoms. The molecular formula is C16H19NO2S. The summed E-state index contributed by atoms with van der Waals surface area (Å²) in [4.78, 5) is 13.1. The number of hydrogen-bond acceptors (Lipinski definition) is 3. The first-order valence-corrected chi connectivity index (χ1v) is 7.62. The minimum absolute atomic E-state index is 0.0991. The molecular weight excluding hydrogens is 270 g/mol. The van der Waals surface area contributed by atoms with Crippen LogP contribution < -0.4 is 10.1 Å². The van der Waals surface area contributed by atoms with Crippen LogP contribution in [-0.4, -0.2) is 12.0 Å². The van der Waals surface area contributed by atoms with Crippen molar-refractivity contribution < 1.29 is 9.53 Å². The number of nitrogens with one attached hydrogen (secondary N) is 1. The maximum Gasteiger partial charge on any atom is 0.261 e. The van der Waals surface area contributed by atoms with Crippen molar-refractivity contribution in [2.75, 3.05) is 0 Å². The molecule has 1 atom stereocenters. The Hall–Kier alpha value is -1.81. The zero-order chi connectivity index (χ0) is 14.4. The van der Waals surface area contributed by atoms with E-state index >= 15 is 0 Å². The van der Waals surface area contributed by atoms with Gasteiger partial charge >= 0.3 is 0 Å². The number of carbonyl (C=O) groups is 1. The summed E-state index contributed by atoms with van der Waals surface area (Å²) in [6.07, 6.45) is 0.499. The molecule has 106 valence electrons. The predicted molar refractivity (Wildman–Crippen MR) is 82.1 cm³/mol. The lowest BCUT2D eigenvalue weighted by molar-refractivity contribution is -0.127. The van der Waals surface area contributed by atoms with Crippen molar-refractivity contribution in [2.45, 2.75) is 32.9 Å². The molecule has 0 bridgehead atoms. The molecule has 1 unspecified atom stereocenters. The number of carbonyl (C=O) groups excluding carboxylic acids is 1. The summed E-state index contributed by atoms with van der Waals surface area (Å²) >= 11 is 1.63. The normalized spacial score (nSPS) is 11.9. The molecule has 2 aromatic rings. The highest BCUT2D eigenvalue weighted by Gasteiger charge is 2.14. The molecule has 0 spiro atoms. The Morgan fingerprint density at radius 3 is 2.65 bits per heavy atom. The van der Waals surface area contributed by atoms with Crippen molar-refractivity contribution in [1.82, 2.24) is 5.32 Å². The lowest BCUT2D eigenvalue weighted by Crippen LogP contribution is -2.35. The van der Waals surface area contributed by atoms with E-state index in [9.17, 15) is 4.79 Å². The molecule has 0 saturated heterocycles. The monoisotopic (exact) mass is 289 g/mol. The van der Waals surface area contributed by atoms with Crippen LogP contribution >= 0.6 is 11.3 Å². The average molecular weight is 289 g/mol. The number of aryl methyl sites for hydroxylation is 1. The van der Waals surface area contributed by atoms with Crippen molar-refractivity contribution in [3.63, 3.8) is 0 Å². The van der Waals surface area contributed by atoms with Crippen LogP contribution in [0.4, 0.5) is 0 Å². The van der Waals surface area contributed by atoms with Crippen LogP contribution in [-0.2, 0) is 17.8 Å². The Labute approximate surface area is 123 Å². The fourth-order valence-electron chi connectivity index (χ4n) is 1.79. The maximum absolute atomic E-state index is 11.9. The number of thiophene rings is 1. The van der Waals surface area contributed by atoms with Gasteiger partial charge in [-0.3, -0.25) is 4.79 Å². The zero-order valence-corrected chi connectivity index (χ0v) is 12.6. The molecule has 2 rings (SSSR count). The van der Waals surface area contributed by atoms with E-state index in [-0.39, 0.29) is 5.91 Å². The van der Waals surface area contributed by atoms with Gasteiger partial charge in [-0.15, -0.1) is 11.3 Å². The van der Waals surface area contributed by atoms with Crippen LogP contribution in [0.15, 0.2) is 41.8 Å². The number of benzene rings is 1. The average Bonchev–Trinajstić information content (AvgIpc) is 2.98. The minimum Gasteiger partial charge on any atom is -0.481 e. The highest BCUT2D eigenvalue weighted by Crippen LogP contribution is 2.14. The van der Waals surface area contributed by atoms with Crippen LogP contribution in [0.5, 0.6) is 5.75 Å². The Kier molecular flexibility index (Phi) is 5.18. The first-order chi connectivity index (χ1) is 9.69. The van der Waals surface area contributed by atoms with Crippen LogP contribution in [0.3, 0.4) is 0 Å². The van der Waals surface area contributed by atoms with Gasteiger partial charge in [0.05, 0.1) is 6.54 Å². The highest BCUT2D eigenvalue weighted by molar-refractivity contribution is 7.09. The van der Waals surface area contributed by atoms with Gasteiger partial charge in [-0.25, -0.2) is 0 Å². The maximum atomic E-state index is 11.9. The predicted octanol–water partition coefficient (Wildman–Crippen LogP) is 3.39. The van der Waals surface area contributed by atoms with Gasteiger partial charge in [0.15, 0.2) is 6.10 Å². The summed E-state index contributed by atoms with van der Waals surface area (Å²) in [6, 6.07) is 11.8. The van der Waals surface area contributed by atoms with Crippen molar-refractivity contribution in [1.29, 1.82) is 0 Å². The Balaban J connectivity index is 1.83. The number of ether oxygens (including phenoxy) is 1. The minimum atomic E-state index is -0.498. The van der Waals surface area contributed by atoms with Crippen molar-refractivity contribution in [2.24, 2.45) is 0 Å². The molecule has 0 fully saturated rings. The second kappa shape index (κ2) is 7.10. The number of rotatable bonds is 6. The summed E-state index contributed by atoms with van der Waals surface area (Å²) < 4.78 is 5.64. The lowest BCUT2D eigenvalue weighted by atomic mass is 10.2. The first-order valence-electron chi connectivity index (χ1n) is 6.74. The Morgan fingerprint density at radius 2 is 2.05 bits per heavy atom. The molecule has 20 heavy (non-hydrogen) atoms. The fourth-order valence-corrected chi connectivity index (χ4v) is 2.44. The third-order valence-corrected chi connectivity index (χ3v) is 3.91. The van der Waals surface area contributed by atoms with E-state index in [4.69, 9.17) is 4.74 Å². The van der Waals surface area contributed by atoms with E-state index in [2.05, 4.69) is 12.2 Å². The lowest BCUT2D eigenvalue weighted by Gasteiger charge is -2.14. The smallest absolute Gasteiger partial charge is 0.261 e. The SMILES string of the molecule is CCc1ccc(OC(C)C(=O)NCc2cccs2)cc1.